The van der Waals surface area contributed by atoms with E-state index in [-0.39, 0.29) is 25.3 Å². The normalized spacial score (nSPS) is 19.7. The monoisotopic (exact) mass is 342 g/mol. The van der Waals surface area contributed by atoms with Gasteiger partial charge >= 0.3 is 0 Å². The zero-order valence-corrected chi connectivity index (χ0v) is 13.3. The van der Waals surface area contributed by atoms with E-state index < -0.39 is 23.8 Å². The van der Waals surface area contributed by atoms with Crippen LogP contribution in [0.4, 0.5) is 8.78 Å². The molecule has 3 rings (SSSR count). The lowest BCUT2D eigenvalue weighted by molar-refractivity contribution is -0.131. The minimum Gasteiger partial charge on any atom is -0.391 e. The van der Waals surface area contributed by atoms with Crippen LogP contribution in [-0.4, -0.2) is 28.6 Å². The van der Waals surface area contributed by atoms with Gasteiger partial charge in [0.05, 0.1) is 30.2 Å². The van der Waals surface area contributed by atoms with Crippen molar-refractivity contribution < 1.29 is 18.7 Å². The maximum Gasteiger partial charge on any atom is 0.227 e. The number of amides is 1. The van der Waals surface area contributed by atoms with Crippen LogP contribution in [-0.2, 0) is 11.2 Å². The quantitative estimate of drug-likeness (QED) is 0.933. The van der Waals surface area contributed by atoms with E-state index in [4.69, 9.17) is 5.26 Å². The maximum absolute atomic E-state index is 13.5. The Balaban J connectivity index is 1.79. The lowest BCUT2D eigenvalue weighted by Gasteiger charge is -2.25. The first-order valence-electron chi connectivity index (χ1n) is 7.89. The highest BCUT2D eigenvalue weighted by atomic mass is 19.2. The predicted octanol–water partition coefficient (Wildman–Crippen LogP) is 2.71. The van der Waals surface area contributed by atoms with Gasteiger partial charge in [0.2, 0.25) is 5.91 Å². The van der Waals surface area contributed by atoms with Crippen molar-refractivity contribution in [2.45, 2.75) is 25.0 Å². The van der Waals surface area contributed by atoms with Crippen LogP contribution in [0.1, 0.15) is 29.2 Å². The van der Waals surface area contributed by atoms with Crippen LogP contribution < -0.4 is 0 Å². The fourth-order valence-corrected chi connectivity index (χ4v) is 3.10. The lowest BCUT2D eigenvalue weighted by atomic mass is 10.0. The van der Waals surface area contributed by atoms with Crippen molar-refractivity contribution in [3.63, 3.8) is 0 Å². The van der Waals surface area contributed by atoms with Gasteiger partial charge in [0.15, 0.2) is 11.6 Å². The first kappa shape index (κ1) is 17.1. The molecule has 0 aromatic heterocycles. The van der Waals surface area contributed by atoms with Crippen molar-refractivity contribution in [1.82, 2.24) is 4.90 Å². The third kappa shape index (κ3) is 3.67. The molecule has 1 amide bonds. The Morgan fingerprint density at radius 1 is 1.20 bits per heavy atom. The van der Waals surface area contributed by atoms with Crippen molar-refractivity contribution in [1.29, 1.82) is 5.26 Å². The molecule has 1 heterocycles. The second kappa shape index (κ2) is 6.99. The molecule has 1 fully saturated rings. The van der Waals surface area contributed by atoms with Crippen LogP contribution in [0.2, 0.25) is 0 Å². The van der Waals surface area contributed by atoms with Crippen molar-refractivity contribution in [2.75, 3.05) is 6.54 Å². The molecule has 2 atom stereocenters. The van der Waals surface area contributed by atoms with E-state index in [1.54, 1.807) is 24.3 Å². The minimum absolute atomic E-state index is 0.110. The number of β-amino-alcohol motifs (C(OH)–C–C–N with tert-alkyl or cyclic N) is 1. The first-order chi connectivity index (χ1) is 12.0. The van der Waals surface area contributed by atoms with Gasteiger partial charge in [-0.15, -0.1) is 0 Å². The number of aliphatic hydroxyl groups is 1. The Bertz CT molecular complexity index is 830. The van der Waals surface area contributed by atoms with Crippen LogP contribution in [0.25, 0.3) is 0 Å². The highest BCUT2D eigenvalue weighted by Crippen LogP contribution is 2.33. The second-order valence-electron chi connectivity index (χ2n) is 6.11. The van der Waals surface area contributed by atoms with Crippen molar-refractivity contribution in [2.24, 2.45) is 0 Å². The van der Waals surface area contributed by atoms with E-state index >= 15 is 0 Å². The summed E-state index contributed by atoms with van der Waals surface area (Å²) >= 11 is 0. The summed E-state index contributed by atoms with van der Waals surface area (Å²) in [5.41, 5.74) is 1.71. The highest BCUT2D eigenvalue weighted by Gasteiger charge is 2.35. The first-order valence-corrected chi connectivity index (χ1v) is 7.89. The van der Waals surface area contributed by atoms with Crippen molar-refractivity contribution in [3.8, 4) is 6.07 Å². The summed E-state index contributed by atoms with van der Waals surface area (Å²) in [6.07, 6.45) is -0.314. The average Bonchev–Trinajstić information content (AvgIpc) is 3.00. The molecule has 6 heteroatoms. The summed E-state index contributed by atoms with van der Waals surface area (Å²) in [6, 6.07) is 11.7. The van der Waals surface area contributed by atoms with Gasteiger partial charge in [-0.25, -0.2) is 8.78 Å². The molecule has 1 aliphatic heterocycles. The number of likely N-dealkylation sites (tertiary alicyclic amines) is 1. The third-order valence-corrected chi connectivity index (χ3v) is 4.37. The number of nitriles is 1. The molecule has 1 N–H and O–H groups in total. The highest BCUT2D eigenvalue weighted by molar-refractivity contribution is 5.79. The van der Waals surface area contributed by atoms with Crippen molar-refractivity contribution in [3.05, 3.63) is 70.8 Å². The van der Waals surface area contributed by atoms with Gasteiger partial charge in [-0.2, -0.15) is 5.26 Å². The molecular weight excluding hydrogens is 326 g/mol. The van der Waals surface area contributed by atoms with Crippen LogP contribution in [0, 0.1) is 23.0 Å². The lowest BCUT2D eigenvalue weighted by Crippen LogP contribution is -2.33. The molecule has 0 saturated carbocycles. The SMILES string of the molecule is N#Cc1ccc(CC(=O)N2C[C@@H](O)C[C@H]2c2ccc(F)c(F)c2)cc1. The fraction of sp³-hybridized carbons (Fsp3) is 0.263. The van der Waals surface area contributed by atoms with Crippen LogP contribution >= 0.6 is 0 Å². The second-order valence-corrected chi connectivity index (χ2v) is 6.11. The van der Waals surface area contributed by atoms with Crippen molar-refractivity contribution >= 4 is 5.91 Å². The van der Waals surface area contributed by atoms with E-state index in [0.29, 0.717) is 11.1 Å². The fourth-order valence-electron chi connectivity index (χ4n) is 3.10. The number of hydrogen-bond acceptors (Lipinski definition) is 3. The molecule has 0 bridgehead atoms. The van der Waals surface area contributed by atoms with Gasteiger partial charge in [-0.3, -0.25) is 4.79 Å². The zero-order chi connectivity index (χ0) is 18.0. The number of halogens is 2. The standard InChI is InChI=1S/C19H16F2N2O2/c20-16-6-5-14(8-17(16)21)18-9-15(24)11-23(18)19(25)7-12-1-3-13(10-22)4-2-12/h1-6,8,15,18,24H,7,9,11H2/t15-,18-/m0/s1. The van der Waals surface area contributed by atoms with Crippen LogP contribution in [0.15, 0.2) is 42.5 Å². The topological polar surface area (TPSA) is 64.3 Å². The molecule has 128 valence electrons. The molecule has 4 nitrogen and oxygen atoms in total. The number of nitrogens with zero attached hydrogens (tertiary/aromatic N) is 2. The van der Waals surface area contributed by atoms with E-state index in [1.807, 2.05) is 6.07 Å². The summed E-state index contributed by atoms with van der Waals surface area (Å²) in [4.78, 5) is 14.1. The van der Waals surface area contributed by atoms with Crippen LogP contribution in [0.5, 0.6) is 0 Å². The van der Waals surface area contributed by atoms with Gasteiger partial charge in [-0.1, -0.05) is 18.2 Å². The van der Waals surface area contributed by atoms with Gasteiger partial charge in [0.25, 0.3) is 0 Å². The largest absolute Gasteiger partial charge is 0.391 e. The van der Waals surface area contributed by atoms with Crippen LogP contribution in [0.3, 0.4) is 0 Å². The Morgan fingerprint density at radius 2 is 1.92 bits per heavy atom. The summed E-state index contributed by atoms with van der Waals surface area (Å²) in [6.45, 7) is 0.152. The van der Waals surface area contributed by atoms with Gasteiger partial charge in [0, 0.05) is 6.54 Å². The summed E-state index contributed by atoms with van der Waals surface area (Å²) < 4.78 is 26.6. The zero-order valence-electron chi connectivity index (χ0n) is 13.3. The molecule has 25 heavy (non-hydrogen) atoms. The van der Waals surface area contributed by atoms with Gasteiger partial charge in [-0.05, 0) is 41.8 Å². The van der Waals surface area contributed by atoms with E-state index in [0.717, 1.165) is 17.7 Å². The van der Waals surface area contributed by atoms with E-state index in [1.165, 1.54) is 11.0 Å². The Hall–Kier alpha value is -2.78. The third-order valence-electron chi connectivity index (χ3n) is 4.37. The molecule has 0 aliphatic carbocycles. The minimum atomic E-state index is -0.974. The predicted molar refractivity (Wildman–Crippen MR) is 86.3 cm³/mol. The molecular formula is C19H16F2N2O2. The Morgan fingerprint density at radius 3 is 2.56 bits per heavy atom. The average molecular weight is 342 g/mol. The number of carbonyl (C=O) groups excluding carboxylic acids is 1. The number of rotatable bonds is 3. The molecule has 0 spiro atoms. The molecule has 0 unspecified atom stereocenters. The van der Waals surface area contributed by atoms with Gasteiger partial charge < -0.3 is 10.0 Å². The smallest absolute Gasteiger partial charge is 0.227 e. The van der Waals surface area contributed by atoms with Gasteiger partial charge in [0.1, 0.15) is 0 Å². The molecule has 1 aliphatic rings. The summed E-state index contributed by atoms with van der Waals surface area (Å²) in [5.74, 6) is -2.13. The number of hydrogen-bond donors (Lipinski definition) is 1. The summed E-state index contributed by atoms with van der Waals surface area (Å²) in [7, 11) is 0. The Kier molecular flexibility index (Phi) is 4.77. The molecule has 0 radical (unpaired) electrons. The number of benzene rings is 2. The number of aliphatic hydroxyl groups excluding tert-OH is 1. The summed E-state index contributed by atoms with van der Waals surface area (Å²) in [5, 5.41) is 18.7. The molecule has 2 aromatic rings. The maximum atomic E-state index is 13.5. The molecule has 1 saturated heterocycles. The molecule has 2 aromatic carbocycles. The Labute approximate surface area is 143 Å². The van der Waals surface area contributed by atoms with E-state index in [9.17, 15) is 18.7 Å². The van der Waals surface area contributed by atoms with E-state index in [2.05, 4.69) is 0 Å². The number of carbonyl (C=O) groups is 1.